The molecule has 6 rings (SSSR count). The summed E-state index contributed by atoms with van der Waals surface area (Å²) in [5, 5.41) is 26.9. The largest absolute Gasteiger partial charge is 0.373 e. The van der Waals surface area contributed by atoms with Crippen LogP contribution in [0.5, 0.6) is 0 Å². The first-order valence-corrected chi connectivity index (χ1v) is 18.6. The third-order valence-corrected chi connectivity index (χ3v) is 10.5. The Morgan fingerprint density at radius 1 is 1.11 bits per heavy atom. The lowest BCUT2D eigenvalue weighted by Gasteiger charge is -2.40. The Morgan fingerprint density at radius 2 is 1.87 bits per heavy atom. The molecule has 2 aliphatic rings. The van der Waals surface area contributed by atoms with Gasteiger partial charge in [-0.05, 0) is 95.4 Å². The number of nitriles is 1. The number of benzene rings is 2. The average Bonchev–Trinajstić information content (AvgIpc) is 3.62. The zero-order valence-electron chi connectivity index (χ0n) is 30.5. The topological polar surface area (TPSA) is 115 Å². The first-order chi connectivity index (χ1) is 25.3. The van der Waals surface area contributed by atoms with E-state index >= 15 is 0 Å². The highest BCUT2D eigenvalue weighted by molar-refractivity contribution is 6.36. The number of halogens is 3. The number of likely N-dealkylation sites (tertiary alicyclic amines) is 2. The van der Waals surface area contributed by atoms with Gasteiger partial charge in [0.15, 0.2) is 0 Å². The lowest BCUT2D eigenvalue weighted by Crippen LogP contribution is -2.46. The van der Waals surface area contributed by atoms with Crippen LogP contribution in [-0.2, 0) is 4.79 Å². The van der Waals surface area contributed by atoms with E-state index in [-0.39, 0.29) is 28.1 Å². The Morgan fingerprint density at radius 3 is 2.57 bits per heavy atom. The van der Waals surface area contributed by atoms with Crippen molar-refractivity contribution in [3.63, 3.8) is 0 Å². The summed E-state index contributed by atoms with van der Waals surface area (Å²) in [5.74, 6) is -0.412. The zero-order chi connectivity index (χ0) is 37.9. The summed E-state index contributed by atoms with van der Waals surface area (Å²) in [4.78, 5) is 21.3. The Balaban J connectivity index is 1.34. The summed E-state index contributed by atoms with van der Waals surface area (Å²) in [5.41, 5.74) is 4.66. The molecule has 2 aromatic heterocycles. The standard InChI is InChI=1S/C40H44Cl2FN9O/c1-25(9-8-10-26(2)51-16-7-6-11-36(51)53)37(35-24-52(49-48-35)30-14-17-50(18-15-30)40(3,4)5)47-29-19-31-38(46-28-12-13-34(43)32(41)20-28)27(22-44)23-45-39(31)33(42)21-29/h8-10,12-13,19-21,23-24,30,37,47H,1,6-7,11,14-18H2,2-5H3,(H,45,46)/b9-8-,26-10+/t37-/m0/s1. The number of carbonyl (C=O) groups excluding carboxylic acids is 1. The summed E-state index contributed by atoms with van der Waals surface area (Å²) in [7, 11) is 0. The second kappa shape index (κ2) is 16.1. The Hall–Kier alpha value is -4.76. The van der Waals surface area contributed by atoms with Crippen molar-refractivity contribution in [2.75, 3.05) is 30.3 Å². The van der Waals surface area contributed by atoms with Crippen molar-refractivity contribution in [1.29, 1.82) is 5.26 Å². The van der Waals surface area contributed by atoms with E-state index in [1.807, 2.05) is 47.0 Å². The molecule has 0 saturated carbocycles. The van der Waals surface area contributed by atoms with Crippen LogP contribution in [0.15, 0.2) is 78.8 Å². The molecule has 2 aliphatic heterocycles. The molecule has 2 fully saturated rings. The van der Waals surface area contributed by atoms with Crippen molar-refractivity contribution in [3.05, 3.63) is 106 Å². The predicted octanol–water partition coefficient (Wildman–Crippen LogP) is 9.50. The van der Waals surface area contributed by atoms with Gasteiger partial charge in [0.2, 0.25) is 5.91 Å². The van der Waals surface area contributed by atoms with Gasteiger partial charge in [-0.2, -0.15) is 5.26 Å². The summed E-state index contributed by atoms with van der Waals surface area (Å²) < 4.78 is 15.9. The van der Waals surface area contributed by atoms with E-state index in [1.165, 1.54) is 18.3 Å². The molecule has 1 atom stereocenters. The van der Waals surface area contributed by atoms with Crippen molar-refractivity contribution in [1.82, 2.24) is 29.8 Å². The SMILES string of the molecule is C=C(/C=C\C=C(/C)N1CCCCC1=O)[C@H](Nc1cc(Cl)c2ncc(C#N)c(Nc3ccc(F)c(Cl)c3)c2c1)c1cn(C2CCN(C(C)(C)C)CC2)nn1. The lowest BCUT2D eigenvalue weighted by molar-refractivity contribution is -0.131. The molecule has 13 heteroatoms. The van der Waals surface area contributed by atoms with Gasteiger partial charge < -0.3 is 15.5 Å². The van der Waals surface area contributed by atoms with Gasteiger partial charge in [-0.1, -0.05) is 47.1 Å². The van der Waals surface area contributed by atoms with Crippen LogP contribution in [0.4, 0.5) is 21.5 Å². The monoisotopic (exact) mass is 755 g/mol. The van der Waals surface area contributed by atoms with Crippen LogP contribution in [0.2, 0.25) is 10.0 Å². The van der Waals surface area contributed by atoms with Gasteiger partial charge in [-0.15, -0.1) is 5.10 Å². The number of aromatic nitrogens is 4. The number of nitrogens with zero attached hydrogens (tertiary/aromatic N) is 7. The van der Waals surface area contributed by atoms with Crippen LogP contribution < -0.4 is 10.6 Å². The van der Waals surface area contributed by atoms with Crippen LogP contribution in [0.3, 0.4) is 0 Å². The first-order valence-electron chi connectivity index (χ1n) is 17.8. The van der Waals surface area contributed by atoms with Crippen LogP contribution >= 0.6 is 23.2 Å². The second-order valence-corrected chi connectivity index (χ2v) is 15.4. The first kappa shape index (κ1) is 38.0. The number of fused-ring (bicyclic) bond motifs is 1. The lowest BCUT2D eigenvalue weighted by atomic mass is 9.98. The molecular weight excluding hydrogens is 712 g/mol. The van der Waals surface area contributed by atoms with Crippen LogP contribution in [0.1, 0.15) is 83.1 Å². The third kappa shape index (κ3) is 8.73. The number of amides is 1. The maximum atomic E-state index is 14.0. The summed E-state index contributed by atoms with van der Waals surface area (Å²) in [6.45, 7) is 15.7. The Bertz CT molecular complexity index is 2120. The van der Waals surface area contributed by atoms with Crippen LogP contribution in [-0.4, -0.2) is 60.9 Å². The number of allylic oxidation sites excluding steroid dienone is 3. The maximum absolute atomic E-state index is 14.0. The third-order valence-electron chi connectivity index (χ3n) is 9.92. The number of hydrogen-bond donors (Lipinski definition) is 2. The van der Waals surface area contributed by atoms with E-state index in [0.717, 1.165) is 44.5 Å². The van der Waals surface area contributed by atoms with E-state index in [0.29, 0.717) is 57.2 Å². The molecule has 0 spiro atoms. The van der Waals surface area contributed by atoms with Gasteiger partial charge in [0.1, 0.15) is 17.6 Å². The van der Waals surface area contributed by atoms with Crippen molar-refractivity contribution >= 4 is 57.1 Å². The molecule has 2 N–H and O–H groups in total. The minimum atomic E-state index is -0.551. The minimum absolute atomic E-state index is 0.0537. The number of anilines is 3. The van der Waals surface area contributed by atoms with E-state index in [1.54, 1.807) is 12.1 Å². The van der Waals surface area contributed by atoms with Crippen molar-refractivity contribution < 1.29 is 9.18 Å². The summed E-state index contributed by atoms with van der Waals surface area (Å²) in [6, 6.07) is 9.75. The van der Waals surface area contributed by atoms with Gasteiger partial charge >= 0.3 is 0 Å². The maximum Gasteiger partial charge on any atom is 0.226 e. The highest BCUT2D eigenvalue weighted by Crippen LogP contribution is 2.37. The summed E-state index contributed by atoms with van der Waals surface area (Å²) >= 11 is 12.9. The molecule has 0 aliphatic carbocycles. The molecule has 53 heavy (non-hydrogen) atoms. The molecule has 4 heterocycles. The van der Waals surface area contributed by atoms with Gasteiger partial charge in [0.25, 0.3) is 0 Å². The van der Waals surface area contributed by atoms with Crippen molar-refractivity contribution in [2.45, 2.75) is 77.4 Å². The Labute approximate surface area is 320 Å². The minimum Gasteiger partial charge on any atom is -0.373 e. The van der Waals surface area contributed by atoms with Crippen molar-refractivity contribution in [3.8, 4) is 6.07 Å². The van der Waals surface area contributed by atoms with E-state index < -0.39 is 11.9 Å². The van der Waals surface area contributed by atoms with Gasteiger partial charge in [-0.3, -0.25) is 14.7 Å². The number of nitrogens with one attached hydrogen (secondary N) is 2. The molecule has 0 bridgehead atoms. The zero-order valence-corrected chi connectivity index (χ0v) is 32.0. The van der Waals surface area contributed by atoms with E-state index in [4.69, 9.17) is 23.2 Å². The molecule has 4 aromatic rings. The fourth-order valence-electron chi connectivity index (χ4n) is 6.88. The summed E-state index contributed by atoms with van der Waals surface area (Å²) in [6.07, 6.45) is 13.5. The number of piperidine rings is 2. The molecule has 276 valence electrons. The normalized spacial score (nSPS) is 17.0. The van der Waals surface area contributed by atoms with Crippen molar-refractivity contribution in [2.24, 2.45) is 0 Å². The molecular formula is C40H44Cl2FN9O. The quantitative estimate of drug-likeness (QED) is 0.154. The highest BCUT2D eigenvalue weighted by Gasteiger charge is 2.29. The molecule has 10 nitrogen and oxygen atoms in total. The average molecular weight is 757 g/mol. The smallest absolute Gasteiger partial charge is 0.226 e. The number of hydrogen-bond acceptors (Lipinski definition) is 8. The number of rotatable bonds is 10. The predicted molar refractivity (Wildman–Crippen MR) is 210 cm³/mol. The fraction of sp³-hybridized carbons (Fsp3) is 0.375. The number of pyridine rings is 1. The van der Waals surface area contributed by atoms with Gasteiger partial charge in [-0.25, -0.2) is 9.07 Å². The second-order valence-electron chi connectivity index (χ2n) is 14.6. The van der Waals surface area contributed by atoms with Crippen LogP contribution in [0.25, 0.3) is 10.9 Å². The van der Waals surface area contributed by atoms with E-state index in [2.05, 4.69) is 64.2 Å². The van der Waals surface area contributed by atoms with Crippen LogP contribution in [0, 0.1) is 17.1 Å². The molecule has 0 radical (unpaired) electrons. The number of carbonyl (C=O) groups is 1. The van der Waals surface area contributed by atoms with E-state index in [9.17, 15) is 14.4 Å². The van der Waals surface area contributed by atoms with Gasteiger partial charge in [0.05, 0.1) is 45.1 Å². The molecule has 0 unspecified atom stereocenters. The van der Waals surface area contributed by atoms with Gasteiger partial charge in [0, 0.05) is 60.2 Å². The molecule has 2 saturated heterocycles. The fourth-order valence-corrected chi connectivity index (χ4v) is 7.33. The molecule has 1 amide bonds. The molecule has 2 aromatic carbocycles. The highest BCUT2D eigenvalue weighted by atomic mass is 35.5. The Kier molecular flexibility index (Phi) is 11.5.